The Morgan fingerprint density at radius 1 is 1.28 bits per heavy atom. The summed E-state index contributed by atoms with van der Waals surface area (Å²) in [6.45, 7) is 2.69. The second kappa shape index (κ2) is 8.84. The Balaban J connectivity index is 3.67. The van der Waals surface area contributed by atoms with E-state index in [4.69, 9.17) is 4.74 Å². The van der Waals surface area contributed by atoms with Crippen LogP contribution in [-0.4, -0.2) is 63.0 Å². The fraction of sp³-hybridized carbons (Fsp3) is 0.818. The van der Waals surface area contributed by atoms with Crippen LogP contribution in [0.4, 0.5) is 0 Å². The van der Waals surface area contributed by atoms with Crippen molar-refractivity contribution < 1.29 is 24.2 Å². The molecule has 0 spiro atoms. The summed E-state index contributed by atoms with van der Waals surface area (Å²) >= 11 is 0. The summed E-state index contributed by atoms with van der Waals surface area (Å²) in [5.41, 5.74) is -1.58. The van der Waals surface area contributed by atoms with Crippen molar-refractivity contribution in [2.75, 3.05) is 40.5 Å². The SMILES string of the molecule is COCCNC(=O)CCNCC(C)(O)C(=O)OC. The summed E-state index contributed by atoms with van der Waals surface area (Å²) in [7, 11) is 2.77. The number of amides is 1. The van der Waals surface area contributed by atoms with Crippen LogP contribution in [-0.2, 0) is 19.1 Å². The van der Waals surface area contributed by atoms with E-state index in [0.717, 1.165) is 0 Å². The van der Waals surface area contributed by atoms with Gasteiger partial charge in [0.05, 0.1) is 13.7 Å². The van der Waals surface area contributed by atoms with E-state index >= 15 is 0 Å². The minimum absolute atomic E-state index is 0.0328. The quantitative estimate of drug-likeness (QED) is 0.351. The third-order valence-corrected chi connectivity index (χ3v) is 2.25. The molecule has 0 radical (unpaired) electrons. The first-order valence-corrected chi connectivity index (χ1v) is 5.71. The van der Waals surface area contributed by atoms with Gasteiger partial charge >= 0.3 is 5.97 Å². The molecule has 0 aliphatic rings. The lowest BCUT2D eigenvalue weighted by Crippen LogP contribution is -2.46. The summed E-state index contributed by atoms with van der Waals surface area (Å²) in [5.74, 6) is -0.822. The number of hydrogen-bond acceptors (Lipinski definition) is 6. The molecule has 0 aromatic rings. The third-order valence-electron chi connectivity index (χ3n) is 2.25. The number of ether oxygens (including phenoxy) is 2. The molecule has 0 aromatic heterocycles. The van der Waals surface area contributed by atoms with Crippen LogP contribution in [0.2, 0.25) is 0 Å². The molecule has 0 aliphatic heterocycles. The molecule has 7 nitrogen and oxygen atoms in total. The molecule has 1 atom stereocenters. The first-order chi connectivity index (χ1) is 8.44. The van der Waals surface area contributed by atoms with E-state index < -0.39 is 11.6 Å². The number of nitrogens with one attached hydrogen (secondary N) is 2. The van der Waals surface area contributed by atoms with Gasteiger partial charge in [0, 0.05) is 33.2 Å². The molecule has 0 saturated carbocycles. The van der Waals surface area contributed by atoms with Crippen molar-refractivity contribution in [3.63, 3.8) is 0 Å². The molecule has 1 amide bonds. The highest BCUT2D eigenvalue weighted by atomic mass is 16.5. The fourth-order valence-electron chi connectivity index (χ4n) is 1.21. The van der Waals surface area contributed by atoms with Crippen LogP contribution in [0.1, 0.15) is 13.3 Å². The maximum atomic E-state index is 11.3. The standard InChI is InChI=1S/C11H22N2O5/c1-11(16,10(15)18-3)8-12-5-4-9(14)13-6-7-17-2/h12,16H,4-8H2,1-3H3,(H,13,14). The number of methoxy groups -OCH3 is 2. The summed E-state index contributed by atoms with van der Waals surface area (Å²) in [4.78, 5) is 22.4. The molecule has 0 rings (SSSR count). The normalized spacial score (nSPS) is 13.8. The van der Waals surface area contributed by atoms with Gasteiger partial charge in [-0.05, 0) is 6.92 Å². The Kier molecular flexibility index (Phi) is 8.27. The highest BCUT2D eigenvalue weighted by molar-refractivity contribution is 5.79. The van der Waals surface area contributed by atoms with Crippen molar-refractivity contribution >= 4 is 11.9 Å². The second-order valence-electron chi connectivity index (χ2n) is 4.03. The molecule has 0 saturated heterocycles. The maximum Gasteiger partial charge on any atom is 0.338 e. The molecule has 18 heavy (non-hydrogen) atoms. The number of rotatable bonds is 9. The van der Waals surface area contributed by atoms with Crippen LogP contribution in [0.15, 0.2) is 0 Å². The van der Waals surface area contributed by atoms with E-state index in [9.17, 15) is 14.7 Å². The lowest BCUT2D eigenvalue weighted by atomic mass is 10.1. The summed E-state index contributed by atoms with van der Waals surface area (Å²) in [6.07, 6.45) is 0.265. The average molecular weight is 262 g/mol. The minimum Gasteiger partial charge on any atom is -0.467 e. The van der Waals surface area contributed by atoms with Gasteiger partial charge in [-0.15, -0.1) is 0 Å². The molecule has 0 aromatic carbocycles. The van der Waals surface area contributed by atoms with Crippen molar-refractivity contribution in [1.29, 1.82) is 0 Å². The zero-order chi connectivity index (χ0) is 14.0. The lowest BCUT2D eigenvalue weighted by molar-refractivity contribution is -0.159. The van der Waals surface area contributed by atoms with Crippen molar-refractivity contribution in [1.82, 2.24) is 10.6 Å². The van der Waals surface area contributed by atoms with Crippen molar-refractivity contribution in [2.24, 2.45) is 0 Å². The van der Waals surface area contributed by atoms with Crippen LogP contribution >= 0.6 is 0 Å². The summed E-state index contributed by atoms with van der Waals surface area (Å²) in [5, 5.41) is 15.1. The summed E-state index contributed by atoms with van der Waals surface area (Å²) in [6, 6.07) is 0. The second-order valence-corrected chi connectivity index (χ2v) is 4.03. The largest absolute Gasteiger partial charge is 0.467 e. The van der Waals surface area contributed by atoms with E-state index in [-0.39, 0.29) is 18.9 Å². The Morgan fingerprint density at radius 3 is 2.50 bits per heavy atom. The highest BCUT2D eigenvalue weighted by Gasteiger charge is 2.30. The van der Waals surface area contributed by atoms with E-state index in [1.807, 2.05) is 0 Å². The van der Waals surface area contributed by atoms with Crippen LogP contribution in [0.25, 0.3) is 0 Å². The van der Waals surface area contributed by atoms with E-state index in [1.54, 1.807) is 7.11 Å². The Morgan fingerprint density at radius 2 is 1.94 bits per heavy atom. The summed E-state index contributed by atoms with van der Waals surface area (Å²) < 4.78 is 9.22. The number of esters is 1. The first-order valence-electron chi connectivity index (χ1n) is 5.71. The van der Waals surface area contributed by atoms with Gasteiger partial charge in [0.15, 0.2) is 5.60 Å². The van der Waals surface area contributed by atoms with Gasteiger partial charge in [0.2, 0.25) is 5.91 Å². The van der Waals surface area contributed by atoms with Crippen LogP contribution in [0.3, 0.4) is 0 Å². The molecule has 0 heterocycles. The molecule has 0 bridgehead atoms. The van der Waals surface area contributed by atoms with Crippen molar-refractivity contribution in [3.05, 3.63) is 0 Å². The molecule has 1 unspecified atom stereocenters. The molecule has 0 fully saturated rings. The predicted octanol–water partition coefficient (Wildman–Crippen LogP) is -1.35. The van der Waals surface area contributed by atoms with Gasteiger partial charge in [-0.25, -0.2) is 4.79 Å². The van der Waals surface area contributed by atoms with Gasteiger partial charge in [-0.3, -0.25) is 4.79 Å². The minimum atomic E-state index is -1.58. The number of carbonyl (C=O) groups is 2. The zero-order valence-corrected chi connectivity index (χ0v) is 11.1. The van der Waals surface area contributed by atoms with Gasteiger partial charge < -0.3 is 25.2 Å². The fourth-order valence-corrected chi connectivity index (χ4v) is 1.21. The smallest absolute Gasteiger partial charge is 0.338 e. The molecular formula is C11H22N2O5. The first kappa shape index (κ1) is 16.8. The molecule has 3 N–H and O–H groups in total. The lowest BCUT2D eigenvalue weighted by Gasteiger charge is -2.20. The molecule has 106 valence electrons. The van der Waals surface area contributed by atoms with Gasteiger partial charge in [0.1, 0.15) is 0 Å². The number of hydrogen-bond donors (Lipinski definition) is 3. The van der Waals surface area contributed by atoms with Crippen LogP contribution < -0.4 is 10.6 Å². The average Bonchev–Trinajstić information content (AvgIpc) is 2.34. The van der Waals surface area contributed by atoms with Crippen LogP contribution in [0.5, 0.6) is 0 Å². The van der Waals surface area contributed by atoms with E-state index in [1.165, 1.54) is 14.0 Å². The monoisotopic (exact) mass is 262 g/mol. The van der Waals surface area contributed by atoms with Crippen molar-refractivity contribution in [2.45, 2.75) is 18.9 Å². The molecule has 7 heteroatoms. The van der Waals surface area contributed by atoms with Gasteiger partial charge in [0.25, 0.3) is 0 Å². The van der Waals surface area contributed by atoms with Crippen LogP contribution in [0, 0.1) is 0 Å². The predicted molar refractivity (Wildman–Crippen MR) is 65.0 cm³/mol. The van der Waals surface area contributed by atoms with Crippen molar-refractivity contribution in [3.8, 4) is 0 Å². The zero-order valence-electron chi connectivity index (χ0n) is 11.1. The highest BCUT2D eigenvalue weighted by Crippen LogP contribution is 2.03. The molecule has 0 aliphatic carbocycles. The Hall–Kier alpha value is -1.18. The topological polar surface area (TPSA) is 96.9 Å². The van der Waals surface area contributed by atoms with E-state index in [2.05, 4.69) is 15.4 Å². The Labute approximate surface area is 107 Å². The van der Waals surface area contributed by atoms with Gasteiger partial charge in [-0.2, -0.15) is 0 Å². The maximum absolute atomic E-state index is 11.3. The molecular weight excluding hydrogens is 240 g/mol. The van der Waals surface area contributed by atoms with E-state index in [0.29, 0.717) is 19.7 Å². The third kappa shape index (κ3) is 7.21. The Bertz CT molecular complexity index is 268. The van der Waals surface area contributed by atoms with Gasteiger partial charge in [-0.1, -0.05) is 0 Å². The number of aliphatic hydroxyl groups is 1. The number of carbonyl (C=O) groups excluding carboxylic acids is 2.